The van der Waals surface area contributed by atoms with E-state index in [0.29, 0.717) is 18.1 Å². The van der Waals surface area contributed by atoms with Gasteiger partial charge in [0, 0.05) is 56.9 Å². The first kappa shape index (κ1) is 41.1. The van der Waals surface area contributed by atoms with Crippen LogP contribution in [0.15, 0.2) is 36.9 Å². The first-order chi connectivity index (χ1) is 20.4. The summed E-state index contributed by atoms with van der Waals surface area (Å²) in [5.41, 5.74) is 2.62. The lowest BCUT2D eigenvalue weighted by Gasteiger charge is -2.35. The molecule has 3 N–H and O–H groups in total. The third-order valence-electron chi connectivity index (χ3n) is 6.00. The van der Waals surface area contributed by atoms with Crippen LogP contribution in [-0.4, -0.2) is 108 Å². The van der Waals surface area contributed by atoms with Crippen LogP contribution >= 0.6 is 0 Å². The van der Waals surface area contributed by atoms with Crippen LogP contribution in [0.4, 0.5) is 39.5 Å². The standard InChI is InChI=1S/C19H29N5.3C2HF3O2/c1-15(2)23(4)18-7-9-24(14-16-6-5-8-20-11-16)19(18)10-17-12-21-22(3)13-17;3*3-2(4,5)1(6)7/h5-6,8,11-13,15,18-19H,7,9-10,14H2,1-4H3;3*(H,6,7)/t18-,19+;;;/m1.../s1. The number of rotatable bonds is 6. The molecule has 0 spiro atoms. The molecule has 0 aromatic carbocycles. The third kappa shape index (κ3) is 16.1. The molecule has 45 heavy (non-hydrogen) atoms. The summed E-state index contributed by atoms with van der Waals surface area (Å²) >= 11 is 0. The molecule has 3 heterocycles. The minimum absolute atomic E-state index is 0.516. The highest BCUT2D eigenvalue weighted by Crippen LogP contribution is 2.28. The number of aromatic nitrogens is 3. The number of likely N-dealkylation sites (N-methyl/N-ethyl adjacent to an activating group) is 1. The zero-order chi connectivity index (χ0) is 35.3. The molecule has 1 saturated heterocycles. The topological polar surface area (TPSA) is 149 Å². The Morgan fingerprint density at radius 1 is 0.911 bits per heavy atom. The minimum atomic E-state index is -5.08. The van der Waals surface area contributed by atoms with Crippen LogP contribution < -0.4 is 0 Å². The summed E-state index contributed by atoms with van der Waals surface area (Å²) in [4.78, 5) is 36.1. The van der Waals surface area contributed by atoms with E-state index in [1.54, 1.807) is 0 Å². The van der Waals surface area contributed by atoms with Crippen molar-refractivity contribution >= 4 is 17.9 Å². The average molecular weight is 670 g/mol. The summed E-state index contributed by atoms with van der Waals surface area (Å²) < 4.78 is 97.1. The summed E-state index contributed by atoms with van der Waals surface area (Å²) in [6.07, 6.45) is -4.99. The molecule has 0 aliphatic carbocycles. The van der Waals surface area contributed by atoms with Gasteiger partial charge in [-0.05, 0) is 50.9 Å². The number of aliphatic carboxylic acids is 3. The normalized spacial score (nSPS) is 17.0. The molecule has 0 unspecified atom stereocenters. The molecular weight excluding hydrogens is 637 g/mol. The first-order valence-electron chi connectivity index (χ1n) is 12.6. The van der Waals surface area contributed by atoms with Crippen LogP contribution in [-0.2, 0) is 34.4 Å². The highest BCUT2D eigenvalue weighted by molar-refractivity contribution is 5.73. The lowest BCUT2D eigenvalue weighted by molar-refractivity contribution is -0.193. The second kappa shape index (κ2) is 17.5. The Morgan fingerprint density at radius 2 is 1.38 bits per heavy atom. The van der Waals surface area contributed by atoms with Crippen LogP contribution in [0.3, 0.4) is 0 Å². The number of pyridine rings is 1. The van der Waals surface area contributed by atoms with Crippen molar-refractivity contribution < 1.29 is 69.2 Å². The van der Waals surface area contributed by atoms with Gasteiger partial charge in [-0.1, -0.05) is 6.07 Å². The van der Waals surface area contributed by atoms with Crippen molar-refractivity contribution in [3.63, 3.8) is 0 Å². The van der Waals surface area contributed by atoms with Gasteiger partial charge >= 0.3 is 36.4 Å². The van der Waals surface area contributed by atoms with Crippen molar-refractivity contribution in [2.75, 3.05) is 13.6 Å². The van der Waals surface area contributed by atoms with Gasteiger partial charge in [0.15, 0.2) is 0 Å². The number of halogens is 9. The Hall–Kier alpha value is -3.94. The first-order valence-corrected chi connectivity index (χ1v) is 12.6. The highest BCUT2D eigenvalue weighted by Gasteiger charge is 2.40. The molecular formula is C25H32F9N5O6. The number of carboxylic acid groups (broad SMARTS) is 3. The molecule has 0 radical (unpaired) electrons. The molecule has 0 saturated carbocycles. The quantitative estimate of drug-likeness (QED) is 0.382. The Labute approximate surface area is 250 Å². The molecule has 3 rings (SSSR count). The average Bonchev–Trinajstić information content (AvgIpc) is 3.49. The molecule has 2 aromatic heterocycles. The van der Waals surface area contributed by atoms with Crippen molar-refractivity contribution in [2.45, 2.75) is 69.9 Å². The van der Waals surface area contributed by atoms with E-state index in [-0.39, 0.29) is 0 Å². The van der Waals surface area contributed by atoms with E-state index in [1.807, 2.05) is 36.4 Å². The lowest BCUT2D eigenvalue weighted by atomic mass is 10.00. The Kier molecular flexibility index (Phi) is 16.0. The van der Waals surface area contributed by atoms with Crippen molar-refractivity contribution in [2.24, 2.45) is 7.05 Å². The summed E-state index contributed by atoms with van der Waals surface area (Å²) in [5, 5.41) is 25.7. The van der Waals surface area contributed by atoms with Gasteiger partial charge in [-0.25, -0.2) is 14.4 Å². The maximum Gasteiger partial charge on any atom is 0.490 e. The zero-order valence-corrected chi connectivity index (χ0v) is 24.2. The number of alkyl halides is 9. The SMILES string of the molecule is CC(C)N(C)[C@@H]1CCN(Cc2cccnc2)[C@H]1Cc1cnn(C)c1.O=C(O)C(F)(F)F.O=C(O)C(F)(F)F.O=C(O)C(F)(F)F. The van der Waals surface area contributed by atoms with Crippen LogP contribution in [0.25, 0.3) is 0 Å². The molecule has 0 amide bonds. The van der Waals surface area contributed by atoms with Crippen LogP contribution in [0, 0.1) is 0 Å². The van der Waals surface area contributed by atoms with E-state index in [0.717, 1.165) is 19.5 Å². The fourth-order valence-electron chi connectivity index (χ4n) is 3.76. The van der Waals surface area contributed by atoms with Gasteiger partial charge in [0.2, 0.25) is 0 Å². The number of hydrogen-bond donors (Lipinski definition) is 3. The maximum atomic E-state index is 10.6. The number of carboxylic acids is 3. The highest BCUT2D eigenvalue weighted by atomic mass is 19.4. The van der Waals surface area contributed by atoms with Crippen LogP contribution in [0.2, 0.25) is 0 Å². The van der Waals surface area contributed by atoms with E-state index in [9.17, 15) is 39.5 Å². The van der Waals surface area contributed by atoms with Crippen LogP contribution in [0.1, 0.15) is 31.4 Å². The van der Waals surface area contributed by atoms with Crippen molar-refractivity contribution in [3.05, 3.63) is 48.0 Å². The fourth-order valence-corrected chi connectivity index (χ4v) is 3.76. The zero-order valence-electron chi connectivity index (χ0n) is 24.2. The Morgan fingerprint density at radius 3 is 1.71 bits per heavy atom. The van der Waals surface area contributed by atoms with Gasteiger partial charge in [-0.15, -0.1) is 0 Å². The predicted molar refractivity (Wildman–Crippen MR) is 138 cm³/mol. The maximum absolute atomic E-state index is 10.6. The van der Waals surface area contributed by atoms with Gasteiger partial charge in [0.05, 0.1) is 6.20 Å². The molecule has 1 aliphatic heterocycles. The minimum Gasteiger partial charge on any atom is -0.475 e. The second-order valence-corrected chi connectivity index (χ2v) is 9.65. The smallest absolute Gasteiger partial charge is 0.475 e. The monoisotopic (exact) mass is 669 g/mol. The second-order valence-electron chi connectivity index (χ2n) is 9.65. The van der Waals surface area contributed by atoms with Crippen molar-refractivity contribution in [1.29, 1.82) is 0 Å². The van der Waals surface area contributed by atoms with Crippen molar-refractivity contribution in [1.82, 2.24) is 24.6 Å². The van der Waals surface area contributed by atoms with E-state index in [2.05, 4.69) is 53.0 Å². The van der Waals surface area contributed by atoms with Gasteiger partial charge in [0.1, 0.15) is 0 Å². The molecule has 256 valence electrons. The number of carbonyl (C=O) groups is 3. The summed E-state index contributed by atoms with van der Waals surface area (Å²) in [5.74, 6) is -8.27. The lowest BCUT2D eigenvalue weighted by Crippen LogP contribution is -2.47. The van der Waals surface area contributed by atoms with Crippen molar-refractivity contribution in [3.8, 4) is 0 Å². The van der Waals surface area contributed by atoms with Gasteiger partial charge < -0.3 is 15.3 Å². The molecule has 20 heteroatoms. The van der Waals surface area contributed by atoms with Gasteiger partial charge in [-0.3, -0.25) is 19.5 Å². The van der Waals surface area contributed by atoms with E-state index < -0.39 is 36.4 Å². The Balaban J connectivity index is 0.000000753. The number of hydrogen-bond acceptors (Lipinski definition) is 7. The van der Waals surface area contributed by atoms with E-state index in [1.165, 1.54) is 17.5 Å². The van der Waals surface area contributed by atoms with Gasteiger partial charge in [0.25, 0.3) is 0 Å². The number of nitrogens with zero attached hydrogens (tertiary/aromatic N) is 5. The summed E-state index contributed by atoms with van der Waals surface area (Å²) in [6, 6.07) is 5.86. The fraction of sp³-hybridized carbons (Fsp3) is 0.560. The van der Waals surface area contributed by atoms with E-state index in [4.69, 9.17) is 29.7 Å². The largest absolute Gasteiger partial charge is 0.490 e. The molecule has 2 aromatic rings. The number of aryl methyl sites for hydroxylation is 1. The predicted octanol–water partition coefficient (Wildman–Crippen LogP) is 4.24. The molecule has 0 bridgehead atoms. The Bertz CT molecular complexity index is 1150. The third-order valence-corrected chi connectivity index (χ3v) is 6.00. The molecule has 1 aliphatic rings. The van der Waals surface area contributed by atoms with Crippen LogP contribution in [0.5, 0.6) is 0 Å². The molecule has 2 atom stereocenters. The summed E-state index contributed by atoms with van der Waals surface area (Å²) in [7, 11) is 4.25. The molecule has 11 nitrogen and oxygen atoms in total. The number of likely N-dealkylation sites (tertiary alicyclic amines) is 1. The summed E-state index contributed by atoms with van der Waals surface area (Å²) in [6.45, 7) is 6.68. The van der Waals surface area contributed by atoms with Gasteiger partial charge in [-0.2, -0.15) is 44.6 Å². The van der Waals surface area contributed by atoms with E-state index >= 15 is 0 Å². The molecule has 1 fully saturated rings.